The second-order valence-electron chi connectivity index (χ2n) is 6.51. The van der Waals surface area contributed by atoms with E-state index in [9.17, 15) is 0 Å². The average Bonchev–Trinajstić information content (AvgIpc) is 2.88. The summed E-state index contributed by atoms with van der Waals surface area (Å²) in [4.78, 5) is 0. The molecule has 0 radical (unpaired) electrons. The summed E-state index contributed by atoms with van der Waals surface area (Å²) >= 11 is 0. The predicted octanol–water partition coefficient (Wildman–Crippen LogP) is 2.21. The number of methoxy groups -OCH3 is 1. The summed E-state index contributed by atoms with van der Waals surface area (Å²) < 4.78 is 5.77. The lowest BCUT2D eigenvalue weighted by Crippen LogP contribution is -2.59. The van der Waals surface area contributed by atoms with Gasteiger partial charge in [0.2, 0.25) is 0 Å². The van der Waals surface area contributed by atoms with Crippen LogP contribution < -0.4 is 11.3 Å². The van der Waals surface area contributed by atoms with E-state index < -0.39 is 0 Å². The van der Waals surface area contributed by atoms with Crippen LogP contribution >= 0.6 is 0 Å². The van der Waals surface area contributed by atoms with E-state index in [0.29, 0.717) is 6.04 Å². The average molecular weight is 238 g/mol. The van der Waals surface area contributed by atoms with E-state index >= 15 is 0 Å². The number of fused-ring (bicyclic) bond motifs is 2. The Morgan fingerprint density at radius 3 is 2.59 bits per heavy atom. The summed E-state index contributed by atoms with van der Waals surface area (Å²) in [5, 5.41) is 0. The molecule has 2 bridgehead atoms. The largest absolute Gasteiger partial charge is 0.377 e. The van der Waals surface area contributed by atoms with Gasteiger partial charge in [-0.05, 0) is 62.7 Å². The zero-order valence-corrected chi connectivity index (χ0v) is 11.0. The van der Waals surface area contributed by atoms with Crippen LogP contribution in [0.25, 0.3) is 0 Å². The zero-order chi connectivity index (χ0) is 11.9. The smallest absolute Gasteiger partial charge is 0.0844 e. The van der Waals surface area contributed by atoms with Crippen molar-refractivity contribution in [2.45, 2.75) is 63.0 Å². The highest BCUT2D eigenvalue weighted by Crippen LogP contribution is 2.51. The van der Waals surface area contributed by atoms with Crippen LogP contribution in [0, 0.1) is 17.8 Å². The summed E-state index contributed by atoms with van der Waals surface area (Å²) in [6.45, 7) is 0. The molecule has 0 saturated heterocycles. The maximum absolute atomic E-state index is 5.79. The number of hydrogen-bond acceptors (Lipinski definition) is 3. The van der Waals surface area contributed by atoms with Gasteiger partial charge in [-0.3, -0.25) is 11.3 Å². The van der Waals surface area contributed by atoms with Gasteiger partial charge in [-0.2, -0.15) is 0 Å². The van der Waals surface area contributed by atoms with Gasteiger partial charge in [-0.15, -0.1) is 0 Å². The third-order valence-corrected chi connectivity index (χ3v) is 5.87. The van der Waals surface area contributed by atoms with Crippen molar-refractivity contribution in [1.82, 2.24) is 5.43 Å². The molecule has 0 spiro atoms. The Labute approximate surface area is 104 Å². The molecule has 0 aromatic carbocycles. The predicted molar refractivity (Wildman–Crippen MR) is 68.3 cm³/mol. The van der Waals surface area contributed by atoms with Crippen molar-refractivity contribution in [3.05, 3.63) is 0 Å². The molecule has 3 fully saturated rings. The Balaban J connectivity index is 1.62. The third kappa shape index (κ3) is 1.92. The minimum atomic E-state index is 0.0522. The first-order valence-electron chi connectivity index (χ1n) is 7.28. The molecule has 0 aliphatic heterocycles. The molecule has 0 aromatic heterocycles. The Morgan fingerprint density at radius 2 is 2.18 bits per heavy atom. The molecule has 3 aliphatic carbocycles. The minimum Gasteiger partial charge on any atom is -0.377 e. The monoisotopic (exact) mass is 238 g/mol. The van der Waals surface area contributed by atoms with Gasteiger partial charge in [0.1, 0.15) is 0 Å². The standard InChI is InChI=1S/C14H26N2O/c1-17-14(5-2-6-14)13(16-15)9-12-8-10-3-4-11(12)7-10/h10-13,16H,2-9,15H2,1H3. The van der Waals surface area contributed by atoms with Gasteiger partial charge >= 0.3 is 0 Å². The molecule has 3 nitrogen and oxygen atoms in total. The van der Waals surface area contributed by atoms with Crippen LogP contribution in [0.4, 0.5) is 0 Å². The highest BCUT2D eigenvalue weighted by Gasteiger charge is 2.47. The van der Waals surface area contributed by atoms with Crippen LogP contribution in [-0.4, -0.2) is 18.8 Å². The first-order valence-corrected chi connectivity index (χ1v) is 7.28. The summed E-state index contributed by atoms with van der Waals surface area (Å²) in [5.41, 5.74) is 3.11. The molecule has 17 heavy (non-hydrogen) atoms. The molecule has 0 heterocycles. The van der Waals surface area contributed by atoms with Crippen molar-refractivity contribution in [2.24, 2.45) is 23.6 Å². The van der Waals surface area contributed by atoms with Crippen LogP contribution in [0.2, 0.25) is 0 Å². The fourth-order valence-electron chi connectivity index (χ4n) is 4.62. The SMILES string of the molecule is COC1(C(CC2CC3CCC2C3)NN)CCC1. The number of rotatable bonds is 5. The van der Waals surface area contributed by atoms with Gasteiger partial charge in [-0.1, -0.05) is 6.42 Å². The fourth-order valence-corrected chi connectivity index (χ4v) is 4.62. The van der Waals surface area contributed by atoms with Gasteiger partial charge in [0.15, 0.2) is 0 Å². The van der Waals surface area contributed by atoms with Crippen LogP contribution in [0.3, 0.4) is 0 Å². The zero-order valence-electron chi connectivity index (χ0n) is 11.0. The van der Waals surface area contributed by atoms with Crippen molar-refractivity contribution in [3.8, 4) is 0 Å². The van der Waals surface area contributed by atoms with Gasteiger partial charge in [0.05, 0.1) is 11.6 Å². The maximum Gasteiger partial charge on any atom is 0.0844 e. The number of ether oxygens (including phenoxy) is 1. The second kappa shape index (κ2) is 4.52. The van der Waals surface area contributed by atoms with E-state index in [0.717, 1.165) is 17.8 Å². The molecule has 3 heteroatoms. The normalized spacial score (nSPS) is 40.2. The molecular weight excluding hydrogens is 212 g/mol. The van der Waals surface area contributed by atoms with Crippen molar-refractivity contribution in [2.75, 3.05) is 7.11 Å². The summed E-state index contributed by atoms with van der Waals surface area (Å²) in [6.07, 6.45) is 10.8. The molecule has 3 rings (SSSR count). The van der Waals surface area contributed by atoms with Crippen LogP contribution in [0.5, 0.6) is 0 Å². The second-order valence-corrected chi connectivity index (χ2v) is 6.51. The van der Waals surface area contributed by atoms with E-state index in [4.69, 9.17) is 10.6 Å². The molecule has 4 unspecified atom stereocenters. The molecule has 3 N–H and O–H groups in total. The first-order chi connectivity index (χ1) is 8.27. The van der Waals surface area contributed by atoms with Crippen LogP contribution in [-0.2, 0) is 4.74 Å². The summed E-state index contributed by atoms with van der Waals surface area (Å²) in [7, 11) is 1.85. The molecule has 3 saturated carbocycles. The van der Waals surface area contributed by atoms with E-state index in [1.807, 2.05) is 7.11 Å². The Kier molecular flexibility index (Phi) is 3.18. The molecule has 4 atom stereocenters. The van der Waals surface area contributed by atoms with Crippen molar-refractivity contribution < 1.29 is 4.74 Å². The number of nitrogens with two attached hydrogens (primary N) is 1. The lowest BCUT2D eigenvalue weighted by molar-refractivity contribution is -0.104. The maximum atomic E-state index is 5.79. The van der Waals surface area contributed by atoms with E-state index in [1.165, 1.54) is 51.4 Å². The van der Waals surface area contributed by atoms with E-state index in [-0.39, 0.29) is 5.60 Å². The minimum absolute atomic E-state index is 0.0522. The fraction of sp³-hybridized carbons (Fsp3) is 1.00. The van der Waals surface area contributed by atoms with Crippen molar-refractivity contribution in [1.29, 1.82) is 0 Å². The van der Waals surface area contributed by atoms with Gasteiger partial charge in [-0.25, -0.2) is 0 Å². The van der Waals surface area contributed by atoms with Gasteiger partial charge in [0.25, 0.3) is 0 Å². The number of nitrogens with one attached hydrogen (secondary N) is 1. The van der Waals surface area contributed by atoms with Crippen LogP contribution in [0.1, 0.15) is 51.4 Å². The molecule has 0 amide bonds. The van der Waals surface area contributed by atoms with Crippen LogP contribution in [0.15, 0.2) is 0 Å². The number of hydrazine groups is 1. The summed E-state index contributed by atoms with van der Waals surface area (Å²) in [6, 6.07) is 0.366. The van der Waals surface area contributed by atoms with E-state index in [2.05, 4.69) is 5.43 Å². The topological polar surface area (TPSA) is 47.3 Å². The quantitative estimate of drug-likeness (QED) is 0.570. The highest BCUT2D eigenvalue weighted by molar-refractivity contribution is 5.02. The number of hydrogen-bond donors (Lipinski definition) is 2. The molecule has 98 valence electrons. The third-order valence-electron chi connectivity index (χ3n) is 5.87. The lowest BCUT2D eigenvalue weighted by Gasteiger charge is -2.47. The molecular formula is C14H26N2O. The van der Waals surface area contributed by atoms with Gasteiger partial charge in [0, 0.05) is 7.11 Å². The highest BCUT2D eigenvalue weighted by atomic mass is 16.5. The Morgan fingerprint density at radius 1 is 1.35 bits per heavy atom. The van der Waals surface area contributed by atoms with Crippen molar-refractivity contribution in [3.63, 3.8) is 0 Å². The molecule has 0 aromatic rings. The lowest BCUT2D eigenvalue weighted by atomic mass is 9.70. The Bertz CT molecular complexity index is 272. The first kappa shape index (κ1) is 11.9. The Hall–Kier alpha value is -0.120. The molecule has 3 aliphatic rings. The van der Waals surface area contributed by atoms with Crippen molar-refractivity contribution >= 4 is 0 Å². The van der Waals surface area contributed by atoms with E-state index in [1.54, 1.807) is 0 Å². The van der Waals surface area contributed by atoms with Gasteiger partial charge < -0.3 is 4.74 Å². The summed E-state index contributed by atoms with van der Waals surface area (Å²) in [5.74, 6) is 8.72.